The SMILES string of the molecule is Oc1c([C@H](c2ccco2)N2CCN(c3ccccc3F)CC2)sc2ncnn12. The Hall–Kier alpha value is -2.91. The minimum atomic E-state index is -0.244. The molecular weight excluding hydrogens is 381 g/mol. The Morgan fingerprint density at radius 2 is 1.93 bits per heavy atom. The van der Waals surface area contributed by atoms with Crippen LogP contribution in [0.3, 0.4) is 0 Å². The molecule has 0 unspecified atom stereocenters. The number of thiazole rings is 1. The van der Waals surface area contributed by atoms with Crippen molar-refractivity contribution >= 4 is 22.0 Å². The fraction of sp³-hybridized carbons (Fsp3) is 0.263. The summed E-state index contributed by atoms with van der Waals surface area (Å²) in [7, 11) is 0. The molecule has 1 atom stereocenters. The number of hydrogen-bond donors (Lipinski definition) is 1. The molecule has 28 heavy (non-hydrogen) atoms. The van der Waals surface area contributed by atoms with Crippen LogP contribution < -0.4 is 4.90 Å². The summed E-state index contributed by atoms with van der Waals surface area (Å²) in [5.41, 5.74) is 0.623. The second kappa shape index (κ2) is 6.92. The van der Waals surface area contributed by atoms with Gasteiger partial charge in [-0.1, -0.05) is 23.5 Å². The predicted molar refractivity (Wildman–Crippen MR) is 103 cm³/mol. The molecule has 4 heterocycles. The molecule has 1 aliphatic heterocycles. The third-order valence-electron chi connectivity index (χ3n) is 5.07. The Bertz CT molecular complexity index is 1090. The Morgan fingerprint density at radius 1 is 1.11 bits per heavy atom. The number of aromatic hydroxyl groups is 1. The summed E-state index contributed by atoms with van der Waals surface area (Å²) < 4.78 is 21.3. The van der Waals surface area contributed by atoms with Crippen molar-refractivity contribution in [3.05, 3.63) is 65.4 Å². The van der Waals surface area contributed by atoms with Crippen molar-refractivity contribution in [1.82, 2.24) is 19.5 Å². The Balaban J connectivity index is 1.44. The van der Waals surface area contributed by atoms with E-state index in [1.165, 1.54) is 28.2 Å². The maximum Gasteiger partial charge on any atom is 0.230 e. The van der Waals surface area contributed by atoms with Crippen LogP contribution in [0.25, 0.3) is 4.96 Å². The molecule has 9 heteroatoms. The number of hydrogen-bond acceptors (Lipinski definition) is 7. The van der Waals surface area contributed by atoms with Crippen LogP contribution in [0, 0.1) is 5.82 Å². The van der Waals surface area contributed by atoms with Crippen LogP contribution in [0.4, 0.5) is 10.1 Å². The predicted octanol–water partition coefficient (Wildman–Crippen LogP) is 3.14. The lowest BCUT2D eigenvalue weighted by Gasteiger charge is -2.39. The van der Waals surface area contributed by atoms with Gasteiger partial charge in [-0.15, -0.1) is 0 Å². The minimum Gasteiger partial charge on any atom is -0.492 e. The molecule has 7 nitrogen and oxygen atoms in total. The van der Waals surface area contributed by atoms with E-state index in [1.807, 2.05) is 23.1 Å². The summed E-state index contributed by atoms with van der Waals surface area (Å²) in [6, 6.07) is 10.3. The molecule has 3 aromatic heterocycles. The topological polar surface area (TPSA) is 70.0 Å². The average molecular weight is 399 g/mol. The molecule has 1 saturated heterocycles. The van der Waals surface area contributed by atoms with Gasteiger partial charge in [-0.05, 0) is 24.3 Å². The average Bonchev–Trinajstić information content (AvgIpc) is 3.45. The number of aromatic nitrogens is 3. The number of nitrogens with zero attached hydrogens (tertiary/aromatic N) is 5. The standard InChI is InChI=1S/C19H18FN5O2S/c20-13-4-1-2-5-14(13)23-7-9-24(10-8-23)16(15-6-3-11-27-15)17-18(26)25-19(28-17)21-12-22-25/h1-6,11-12,16,26H,7-10H2/t16-/m0/s1. The maximum atomic E-state index is 14.1. The van der Waals surface area contributed by atoms with Crippen molar-refractivity contribution in [1.29, 1.82) is 0 Å². The highest BCUT2D eigenvalue weighted by atomic mass is 32.1. The van der Waals surface area contributed by atoms with E-state index in [0.29, 0.717) is 36.8 Å². The number of para-hydroxylation sites is 1. The van der Waals surface area contributed by atoms with Crippen LogP contribution in [-0.4, -0.2) is 50.8 Å². The second-order valence-corrected chi connectivity index (χ2v) is 7.65. The molecule has 4 aromatic rings. The first-order valence-corrected chi connectivity index (χ1v) is 9.82. The van der Waals surface area contributed by atoms with Gasteiger partial charge in [0.1, 0.15) is 23.9 Å². The molecule has 5 rings (SSSR count). The summed E-state index contributed by atoms with van der Waals surface area (Å²) in [5.74, 6) is 0.622. The maximum absolute atomic E-state index is 14.1. The van der Waals surface area contributed by atoms with Gasteiger partial charge >= 0.3 is 0 Å². The van der Waals surface area contributed by atoms with Gasteiger partial charge < -0.3 is 14.4 Å². The van der Waals surface area contributed by atoms with E-state index in [1.54, 1.807) is 18.4 Å². The smallest absolute Gasteiger partial charge is 0.230 e. The molecule has 1 fully saturated rings. The third kappa shape index (κ3) is 2.83. The Kier molecular flexibility index (Phi) is 4.25. The molecule has 1 N–H and O–H groups in total. The second-order valence-electron chi connectivity index (χ2n) is 6.64. The first-order valence-electron chi connectivity index (χ1n) is 9.00. The zero-order chi connectivity index (χ0) is 19.1. The number of anilines is 1. The fourth-order valence-electron chi connectivity index (χ4n) is 3.72. The van der Waals surface area contributed by atoms with Gasteiger partial charge in [0, 0.05) is 26.2 Å². The summed E-state index contributed by atoms with van der Waals surface area (Å²) in [5, 5.41) is 14.8. The lowest BCUT2D eigenvalue weighted by atomic mass is 10.1. The van der Waals surface area contributed by atoms with Crippen molar-refractivity contribution in [2.24, 2.45) is 0 Å². The van der Waals surface area contributed by atoms with Crippen LogP contribution in [0.1, 0.15) is 16.7 Å². The molecule has 0 amide bonds. The monoisotopic (exact) mass is 399 g/mol. The van der Waals surface area contributed by atoms with Crippen LogP contribution in [0.5, 0.6) is 5.88 Å². The van der Waals surface area contributed by atoms with Gasteiger partial charge in [0.05, 0.1) is 16.8 Å². The molecule has 0 bridgehead atoms. The van der Waals surface area contributed by atoms with Gasteiger partial charge in [0.2, 0.25) is 10.8 Å². The lowest BCUT2D eigenvalue weighted by molar-refractivity contribution is 0.190. The summed E-state index contributed by atoms with van der Waals surface area (Å²) in [4.78, 5) is 9.84. The number of piperazine rings is 1. The highest BCUT2D eigenvalue weighted by molar-refractivity contribution is 7.17. The van der Waals surface area contributed by atoms with E-state index in [9.17, 15) is 9.50 Å². The molecule has 144 valence electrons. The normalized spacial score (nSPS) is 16.7. The third-order valence-corrected chi connectivity index (χ3v) is 6.16. The van der Waals surface area contributed by atoms with Crippen molar-refractivity contribution in [3.63, 3.8) is 0 Å². The summed E-state index contributed by atoms with van der Waals surface area (Å²) in [6.07, 6.45) is 3.05. The number of fused-ring (bicyclic) bond motifs is 1. The number of benzene rings is 1. The van der Waals surface area contributed by atoms with Crippen molar-refractivity contribution in [2.75, 3.05) is 31.1 Å². The fourth-order valence-corrected chi connectivity index (χ4v) is 4.79. The molecule has 0 saturated carbocycles. The summed E-state index contributed by atoms with van der Waals surface area (Å²) in [6.45, 7) is 2.76. The van der Waals surface area contributed by atoms with Crippen molar-refractivity contribution in [3.8, 4) is 5.88 Å². The van der Waals surface area contributed by atoms with E-state index in [4.69, 9.17) is 4.42 Å². The zero-order valence-corrected chi connectivity index (χ0v) is 15.7. The van der Waals surface area contributed by atoms with Gasteiger partial charge in [-0.25, -0.2) is 9.37 Å². The number of furan rings is 1. The van der Waals surface area contributed by atoms with Gasteiger partial charge in [-0.3, -0.25) is 4.90 Å². The van der Waals surface area contributed by atoms with E-state index in [2.05, 4.69) is 15.0 Å². The Morgan fingerprint density at radius 3 is 2.64 bits per heavy atom. The molecule has 1 aromatic carbocycles. The minimum absolute atomic E-state index is 0.0791. The van der Waals surface area contributed by atoms with Gasteiger partial charge in [0.25, 0.3) is 0 Å². The van der Waals surface area contributed by atoms with Crippen LogP contribution in [0.2, 0.25) is 0 Å². The Labute approximate surface area is 164 Å². The van der Waals surface area contributed by atoms with Crippen molar-refractivity contribution in [2.45, 2.75) is 6.04 Å². The van der Waals surface area contributed by atoms with Gasteiger partial charge in [-0.2, -0.15) is 9.61 Å². The largest absolute Gasteiger partial charge is 0.492 e. The van der Waals surface area contributed by atoms with E-state index < -0.39 is 0 Å². The first kappa shape index (κ1) is 17.2. The molecule has 0 radical (unpaired) electrons. The number of halogens is 1. The highest BCUT2D eigenvalue weighted by Gasteiger charge is 2.33. The first-order chi connectivity index (χ1) is 13.7. The van der Waals surface area contributed by atoms with Crippen LogP contribution in [-0.2, 0) is 0 Å². The summed E-state index contributed by atoms with van der Waals surface area (Å²) >= 11 is 1.39. The van der Waals surface area contributed by atoms with Gasteiger partial charge in [0.15, 0.2) is 0 Å². The molecule has 0 spiro atoms. The van der Waals surface area contributed by atoms with E-state index in [-0.39, 0.29) is 17.7 Å². The van der Waals surface area contributed by atoms with Crippen molar-refractivity contribution < 1.29 is 13.9 Å². The van der Waals surface area contributed by atoms with E-state index >= 15 is 0 Å². The molecular formula is C19H18FN5O2S. The zero-order valence-electron chi connectivity index (χ0n) is 14.9. The molecule has 0 aliphatic carbocycles. The molecule has 1 aliphatic rings. The quantitative estimate of drug-likeness (QED) is 0.569. The van der Waals surface area contributed by atoms with Crippen LogP contribution in [0.15, 0.2) is 53.4 Å². The van der Waals surface area contributed by atoms with Crippen LogP contribution >= 0.6 is 11.3 Å². The lowest BCUT2D eigenvalue weighted by Crippen LogP contribution is -2.48. The van der Waals surface area contributed by atoms with E-state index in [0.717, 1.165) is 10.6 Å². The number of rotatable bonds is 4. The highest BCUT2D eigenvalue weighted by Crippen LogP contribution is 2.40.